The minimum atomic E-state index is -0.294. The maximum Gasteiger partial charge on any atom is 0.246 e. The Labute approximate surface area is 270 Å². The lowest BCUT2D eigenvalue weighted by molar-refractivity contribution is -0.126. The molecule has 0 aliphatic rings. The Morgan fingerprint density at radius 1 is 0.826 bits per heavy atom. The normalized spacial score (nSPS) is 11.3. The third-order valence-electron chi connectivity index (χ3n) is 7.91. The van der Waals surface area contributed by atoms with Crippen LogP contribution in [0.5, 0.6) is 5.75 Å². The number of aryl methyl sites for hydroxylation is 1. The van der Waals surface area contributed by atoms with E-state index in [1.807, 2.05) is 24.3 Å². The fourth-order valence-corrected chi connectivity index (χ4v) is 5.37. The molecule has 4 aromatic carbocycles. The smallest absolute Gasteiger partial charge is 0.246 e. The number of halogens is 1. The van der Waals surface area contributed by atoms with Crippen molar-refractivity contribution in [1.29, 1.82) is 0 Å². The van der Waals surface area contributed by atoms with Gasteiger partial charge >= 0.3 is 0 Å². The van der Waals surface area contributed by atoms with Gasteiger partial charge in [0, 0.05) is 43.3 Å². The number of ether oxygens (including phenoxy) is 2. The maximum atomic E-state index is 13.0. The van der Waals surface area contributed by atoms with Gasteiger partial charge in [-0.1, -0.05) is 66.7 Å². The number of benzene rings is 4. The molecule has 0 radical (unpaired) electrons. The highest BCUT2D eigenvalue weighted by atomic mass is 19.1. The topological polar surface area (TPSA) is 86.8 Å². The van der Waals surface area contributed by atoms with Crippen LogP contribution < -0.4 is 10.1 Å². The molecule has 0 spiro atoms. The monoisotopic (exact) mass is 623 g/mol. The van der Waals surface area contributed by atoms with Crippen LogP contribution in [0, 0.1) is 5.82 Å². The number of H-pyrrole nitrogens is 1. The van der Waals surface area contributed by atoms with E-state index in [4.69, 9.17) is 9.47 Å². The van der Waals surface area contributed by atoms with E-state index in [1.54, 1.807) is 12.1 Å². The third kappa shape index (κ3) is 10.3. The van der Waals surface area contributed by atoms with E-state index in [0.29, 0.717) is 19.7 Å². The fourth-order valence-electron chi connectivity index (χ4n) is 5.37. The lowest BCUT2D eigenvalue weighted by Gasteiger charge is -2.21. The summed E-state index contributed by atoms with van der Waals surface area (Å²) in [5, 5.41) is 13.8. The number of carbonyl (C=O) groups is 1. The van der Waals surface area contributed by atoms with Crippen molar-refractivity contribution >= 4 is 16.8 Å². The second-order valence-electron chi connectivity index (χ2n) is 11.4. The summed E-state index contributed by atoms with van der Waals surface area (Å²) in [5.74, 6) is 0.392. The summed E-state index contributed by atoms with van der Waals surface area (Å²) in [6, 6.07) is 30.9. The average Bonchev–Trinajstić information content (AvgIpc) is 3.49. The summed E-state index contributed by atoms with van der Waals surface area (Å²) in [6.07, 6.45) is 4.60. The van der Waals surface area contributed by atoms with Crippen LogP contribution >= 0.6 is 0 Å². The van der Waals surface area contributed by atoms with Crippen molar-refractivity contribution in [2.45, 2.75) is 39.0 Å². The Morgan fingerprint density at radius 2 is 1.57 bits per heavy atom. The molecule has 1 amide bonds. The van der Waals surface area contributed by atoms with Crippen molar-refractivity contribution in [3.63, 3.8) is 0 Å². The number of fused-ring (bicyclic) bond motifs is 1. The minimum Gasteiger partial charge on any atom is -0.489 e. The minimum absolute atomic E-state index is 0.0269. The largest absolute Gasteiger partial charge is 0.489 e. The van der Waals surface area contributed by atoms with Gasteiger partial charge in [0.25, 0.3) is 0 Å². The Balaban J connectivity index is 1.03. The first-order chi connectivity index (χ1) is 22.6. The van der Waals surface area contributed by atoms with Gasteiger partial charge in [0.05, 0.1) is 13.2 Å². The van der Waals surface area contributed by atoms with Crippen molar-refractivity contribution in [3.8, 4) is 5.75 Å². The number of nitrogens with zero attached hydrogens (tertiary/aromatic N) is 1. The van der Waals surface area contributed by atoms with Crippen molar-refractivity contribution in [2.75, 3.05) is 32.8 Å². The predicted octanol–water partition coefficient (Wildman–Crippen LogP) is 6.19. The molecule has 0 atom stereocenters. The van der Waals surface area contributed by atoms with E-state index < -0.39 is 0 Å². The van der Waals surface area contributed by atoms with Gasteiger partial charge in [0.1, 0.15) is 24.8 Å². The molecule has 0 bridgehead atoms. The van der Waals surface area contributed by atoms with E-state index in [2.05, 4.69) is 69.9 Å². The molecular formula is C38H42FN3O4. The van der Waals surface area contributed by atoms with E-state index in [9.17, 15) is 14.3 Å². The van der Waals surface area contributed by atoms with Crippen LogP contribution in [0.3, 0.4) is 0 Å². The number of carbonyl (C=O) groups excluding carboxylic acids is 1. The number of aliphatic hydroxyl groups excluding tert-OH is 1. The number of hydrogen-bond acceptors (Lipinski definition) is 5. The van der Waals surface area contributed by atoms with Crippen molar-refractivity contribution in [2.24, 2.45) is 0 Å². The van der Waals surface area contributed by atoms with Gasteiger partial charge in [-0.3, -0.25) is 9.69 Å². The Hall–Kier alpha value is -4.50. The van der Waals surface area contributed by atoms with E-state index >= 15 is 0 Å². The quantitative estimate of drug-likeness (QED) is 0.101. The van der Waals surface area contributed by atoms with Crippen LogP contribution in [0.4, 0.5) is 4.39 Å². The van der Waals surface area contributed by atoms with Crippen LogP contribution in [0.25, 0.3) is 10.9 Å². The molecule has 5 aromatic rings. The molecule has 240 valence electrons. The summed E-state index contributed by atoms with van der Waals surface area (Å²) < 4.78 is 24.5. The summed E-state index contributed by atoms with van der Waals surface area (Å²) in [4.78, 5) is 17.7. The SMILES string of the molecule is O=C(COCc1ccc(F)cc1)NCCCc1ccc(CN(CCO)CCc2c[nH]c3ccc(OCc4ccccc4)cc23)cc1. The van der Waals surface area contributed by atoms with Crippen LogP contribution in [0.15, 0.2) is 103 Å². The Bertz CT molecular complexity index is 1640. The molecule has 0 aliphatic heterocycles. The molecule has 1 aromatic heterocycles. The number of aliphatic hydroxyl groups is 1. The first-order valence-corrected chi connectivity index (χ1v) is 15.8. The lowest BCUT2D eigenvalue weighted by Crippen LogP contribution is -2.29. The van der Waals surface area contributed by atoms with Gasteiger partial charge in [-0.25, -0.2) is 4.39 Å². The first kappa shape index (κ1) is 32.9. The number of hydrogen-bond donors (Lipinski definition) is 3. The summed E-state index contributed by atoms with van der Waals surface area (Å²) in [7, 11) is 0. The number of rotatable bonds is 18. The predicted molar refractivity (Wildman–Crippen MR) is 179 cm³/mol. The highest BCUT2D eigenvalue weighted by Crippen LogP contribution is 2.25. The molecule has 7 nitrogen and oxygen atoms in total. The van der Waals surface area contributed by atoms with Gasteiger partial charge in [-0.2, -0.15) is 0 Å². The van der Waals surface area contributed by atoms with Crippen molar-refractivity contribution in [1.82, 2.24) is 15.2 Å². The molecule has 3 N–H and O–H groups in total. The standard InChI is InChI=1S/C38H42FN3O4/c39-34-14-12-32(13-15-34)26-45-28-38(44)40-19-4-7-29-8-10-30(11-9-29)25-42(21-22-43)20-18-33-24-41-37-17-16-35(23-36(33)37)46-27-31-5-2-1-3-6-31/h1-3,5-6,8-17,23-24,41,43H,4,7,18-22,25-28H2,(H,40,44). The van der Waals surface area contributed by atoms with Crippen LogP contribution in [0.1, 0.15) is 34.2 Å². The van der Waals surface area contributed by atoms with Crippen LogP contribution in [0.2, 0.25) is 0 Å². The molecule has 0 unspecified atom stereocenters. The molecule has 5 rings (SSSR count). The molecule has 0 fully saturated rings. The van der Waals surface area contributed by atoms with Crippen LogP contribution in [-0.4, -0.2) is 53.7 Å². The Kier molecular flexibility index (Phi) is 12.3. The second kappa shape index (κ2) is 17.3. The number of aromatic nitrogens is 1. The summed E-state index contributed by atoms with van der Waals surface area (Å²) in [5.41, 5.74) is 6.68. The van der Waals surface area contributed by atoms with Crippen molar-refractivity contribution < 1.29 is 23.8 Å². The third-order valence-corrected chi connectivity index (χ3v) is 7.91. The molecule has 8 heteroatoms. The summed E-state index contributed by atoms with van der Waals surface area (Å²) >= 11 is 0. The van der Waals surface area contributed by atoms with E-state index in [-0.39, 0.29) is 31.5 Å². The van der Waals surface area contributed by atoms with Gasteiger partial charge in [-0.15, -0.1) is 0 Å². The number of nitrogens with one attached hydrogen (secondary N) is 2. The van der Waals surface area contributed by atoms with E-state index in [0.717, 1.165) is 60.1 Å². The lowest BCUT2D eigenvalue weighted by atomic mass is 10.1. The molecule has 0 saturated heterocycles. The zero-order valence-electron chi connectivity index (χ0n) is 26.1. The second-order valence-corrected chi connectivity index (χ2v) is 11.4. The van der Waals surface area contributed by atoms with Gasteiger partial charge in [0.2, 0.25) is 5.91 Å². The number of aromatic amines is 1. The highest BCUT2D eigenvalue weighted by Gasteiger charge is 2.11. The molecular weight excluding hydrogens is 581 g/mol. The highest BCUT2D eigenvalue weighted by molar-refractivity contribution is 5.84. The fraction of sp³-hybridized carbons (Fsp3) is 0.289. The Morgan fingerprint density at radius 3 is 2.35 bits per heavy atom. The molecule has 0 aliphatic carbocycles. The van der Waals surface area contributed by atoms with E-state index in [1.165, 1.54) is 28.8 Å². The molecule has 1 heterocycles. The zero-order valence-corrected chi connectivity index (χ0v) is 26.1. The maximum absolute atomic E-state index is 13.0. The first-order valence-electron chi connectivity index (χ1n) is 15.8. The molecule has 46 heavy (non-hydrogen) atoms. The molecule has 0 saturated carbocycles. The zero-order chi connectivity index (χ0) is 32.0. The van der Waals surface area contributed by atoms with Gasteiger partial charge in [0.15, 0.2) is 0 Å². The van der Waals surface area contributed by atoms with Crippen LogP contribution in [-0.2, 0) is 42.1 Å². The van der Waals surface area contributed by atoms with Crippen molar-refractivity contribution in [3.05, 3.63) is 137 Å². The summed E-state index contributed by atoms with van der Waals surface area (Å²) in [6.45, 7) is 3.61. The number of amides is 1. The van der Waals surface area contributed by atoms with Gasteiger partial charge < -0.3 is 24.9 Å². The van der Waals surface area contributed by atoms with Gasteiger partial charge in [-0.05, 0) is 77.4 Å². The average molecular weight is 624 g/mol.